The quantitative estimate of drug-likeness (QED) is 0.456. The molecule has 0 heterocycles. The molecule has 0 unspecified atom stereocenters. The van der Waals surface area contributed by atoms with Gasteiger partial charge in [0.15, 0.2) is 0 Å². The topological polar surface area (TPSA) is 49.4 Å². The molecule has 4 nitrogen and oxygen atoms in total. The molecule has 0 aromatic heterocycles. The number of amides is 2. The van der Waals surface area contributed by atoms with Crippen LogP contribution in [-0.4, -0.2) is 35.6 Å². The van der Waals surface area contributed by atoms with Gasteiger partial charge in [0.1, 0.15) is 11.9 Å². The Hall–Kier alpha value is -3.12. The van der Waals surface area contributed by atoms with Gasteiger partial charge in [-0.3, -0.25) is 9.59 Å². The minimum absolute atomic E-state index is 0.109. The Bertz CT molecular complexity index is 997. The predicted octanol–water partition coefficient (Wildman–Crippen LogP) is 4.69. The van der Waals surface area contributed by atoms with Crippen LogP contribution in [0.3, 0.4) is 0 Å². The van der Waals surface area contributed by atoms with Crippen molar-refractivity contribution in [2.45, 2.75) is 30.3 Å². The third kappa shape index (κ3) is 6.95. The fraction of sp³-hybridized carbons (Fsp3) is 0.231. The van der Waals surface area contributed by atoms with Crippen molar-refractivity contribution in [3.05, 3.63) is 102 Å². The molecule has 0 aliphatic carbocycles. The third-order valence-electron chi connectivity index (χ3n) is 5.11. The minimum atomic E-state index is -0.665. The molecule has 1 N–H and O–H groups in total. The SMILES string of the molecule is CNC(=O)[C@@H](Cc1ccccc1)N(Cc1ccc(F)cc1)C(=O)CCSc1ccccc1. The van der Waals surface area contributed by atoms with Gasteiger partial charge in [-0.1, -0.05) is 60.7 Å². The molecule has 0 fully saturated rings. The molecule has 3 aromatic rings. The van der Waals surface area contributed by atoms with E-state index in [4.69, 9.17) is 0 Å². The third-order valence-corrected chi connectivity index (χ3v) is 6.13. The van der Waals surface area contributed by atoms with Gasteiger partial charge in [0.2, 0.25) is 11.8 Å². The van der Waals surface area contributed by atoms with Crippen molar-refractivity contribution in [1.29, 1.82) is 0 Å². The molecule has 1 atom stereocenters. The second-order valence-electron chi connectivity index (χ2n) is 7.38. The van der Waals surface area contributed by atoms with Crippen molar-refractivity contribution in [1.82, 2.24) is 10.2 Å². The minimum Gasteiger partial charge on any atom is -0.357 e. The Morgan fingerprint density at radius 2 is 1.53 bits per heavy atom. The summed E-state index contributed by atoms with van der Waals surface area (Å²) in [6.45, 7) is 0.236. The smallest absolute Gasteiger partial charge is 0.242 e. The summed E-state index contributed by atoms with van der Waals surface area (Å²) in [4.78, 5) is 28.9. The Labute approximate surface area is 192 Å². The zero-order valence-corrected chi connectivity index (χ0v) is 18.9. The molecule has 0 saturated carbocycles. The van der Waals surface area contributed by atoms with Crippen molar-refractivity contribution in [3.8, 4) is 0 Å². The molecule has 6 heteroatoms. The number of carbonyl (C=O) groups excluding carboxylic acids is 2. The number of likely N-dealkylation sites (N-methyl/N-ethyl adjacent to an activating group) is 1. The lowest BCUT2D eigenvalue weighted by Gasteiger charge is -2.31. The van der Waals surface area contributed by atoms with Crippen molar-refractivity contribution in [2.24, 2.45) is 0 Å². The highest BCUT2D eigenvalue weighted by atomic mass is 32.2. The van der Waals surface area contributed by atoms with Crippen LogP contribution in [0.25, 0.3) is 0 Å². The normalized spacial score (nSPS) is 11.6. The number of hydrogen-bond donors (Lipinski definition) is 1. The molecule has 3 rings (SSSR count). The average molecular weight is 451 g/mol. The first-order valence-electron chi connectivity index (χ1n) is 10.5. The van der Waals surface area contributed by atoms with Crippen molar-refractivity contribution < 1.29 is 14.0 Å². The van der Waals surface area contributed by atoms with Crippen LogP contribution in [0.4, 0.5) is 4.39 Å². The number of carbonyl (C=O) groups is 2. The summed E-state index contributed by atoms with van der Waals surface area (Å²) in [5.74, 6) is -0.0606. The first-order chi connectivity index (χ1) is 15.6. The lowest BCUT2D eigenvalue weighted by molar-refractivity contribution is -0.140. The fourth-order valence-corrected chi connectivity index (χ4v) is 4.29. The van der Waals surface area contributed by atoms with E-state index in [-0.39, 0.29) is 24.2 Å². The highest BCUT2D eigenvalue weighted by Crippen LogP contribution is 2.20. The van der Waals surface area contributed by atoms with Crippen molar-refractivity contribution >= 4 is 23.6 Å². The van der Waals surface area contributed by atoms with Gasteiger partial charge in [-0.2, -0.15) is 0 Å². The second-order valence-corrected chi connectivity index (χ2v) is 8.55. The largest absolute Gasteiger partial charge is 0.357 e. The van der Waals surface area contributed by atoms with Gasteiger partial charge in [-0.25, -0.2) is 4.39 Å². The summed E-state index contributed by atoms with van der Waals surface area (Å²) in [6, 6.07) is 24.9. The van der Waals surface area contributed by atoms with Gasteiger partial charge in [0.05, 0.1) is 0 Å². The molecule has 0 aliphatic heterocycles. The van der Waals surface area contributed by atoms with Gasteiger partial charge in [-0.05, 0) is 35.4 Å². The van der Waals surface area contributed by atoms with Gasteiger partial charge in [0.25, 0.3) is 0 Å². The van der Waals surface area contributed by atoms with Crippen LogP contribution < -0.4 is 5.32 Å². The highest BCUT2D eigenvalue weighted by molar-refractivity contribution is 7.99. The zero-order valence-electron chi connectivity index (χ0n) is 18.0. The maximum atomic E-state index is 13.4. The van der Waals surface area contributed by atoms with E-state index in [2.05, 4.69) is 5.32 Å². The molecule has 2 amide bonds. The summed E-state index contributed by atoms with van der Waals surface area (Å²) < 4.78 is 13.4. The summed E-state index contributed by atoms with van der Waals surface area (Å²) in [7, 11) is 1.58. The number of benzene rings is 3. The summed E-state index contributed by atoms with van der Waals surface area (Å²) in [5, 5.41) is 2.70. The first-order valence-corrected chi connectivity index (χ1v) is 11.5. The standard InChI is InChI=1S/C26H27FN2O2S/c1-28-26(31)24(18-20-8-4-2-5-9-20)29(19-21-12-14-22(27)15-13-21)25(30)16-17-32-23-10-6-3-7-11-23/h2-15,24H,16-19H2,1H3,(H,28,31)/t24-/m1/s1. The second kappa shape index (κ2) is 12.1. The van der Waals surface area contributed by atoms with Crippen molar-refractivity contribution in [3.63, 3.8) is 0 Å². The Kier molecular flexibility index (Phi) is 8.87. The van der Waals surface area contributed by atoms with E-state index in [1.165, 1.54) is 12.1 Å². The number of halogens is 1. The van der Waals surface area contributed by atoms with Gasteiger partial charge < -0.3 is 10.2 Å². The molecule has 0 bridgehead atoms. The van der Waals surface area contributed by atoms with Crippen LogP contribution in [0.15, 0.2) is 89.8 Å². The zero-order chi connectivity index (χ0) is 22.8. The molecule has 3 aromatic carbocycles. The molecule has 0 saturated heterocycles. The Morgan fingerprint density at radius 3 is 2.16 bits per heavy atom. The molecule has 0 spiro atoms. The number of rotatable bonds is 10. The molecule has 0 radical (unpaired) electrons. The van der Waals surface area contributed by atoms with E-state index in [0.29, 0.717) is 18.6 Å². The van der Waals surface area contributed by atoms with E-state index >= 15 is 0 Å². The monoisotopic (exact) mass is 450 g/mol. The van der Waals surface area contributed by atoms with E-state index < -0.39 is 6.04 Å². The molecular formula is C26H27FN2O2S. The molecule has 166 valence electrons. The Morgan fingerprint density at radius 1 is 0.906 bits per heavy atom. The summed E-state index contributed by atoms with van der Waals surface area (Å²) in [6.07, 6.45) is 0.697. The van der Waals surface area contributed by atoms with Crippen LogP contribution in [0.1, 0.15) is 17.5 Å². The number of nitrogens with zero attached hydrogens (tertiary/aromatic N) is 1. The number of hydrogen-bond acceptors (Lipinski definition) is 3. The molecular weight excluding hydrogens is 423 g/mol. The Balaban J connectivity index is 1.80. The van der Waals surface area contributed by atoms with E-state index in [1.54, 1.807) is 35.8 Å². The summed E-state index contributed by atoms with van der Waals surface area (Å²) in [5.41, 5.74) is 1.74. The van der Waals surface area contributed by atoms with Gasteiger partial charge in [0, 0.05) is 37.1 Å². The molecule has 32 heavy (non-hydrogen) atoms. The van der Waals surface area contributed by atoms with Crippen LogP contribution in [0.2, 0.25) is 0 Å². The van der Waals surface area contributed by atoms with Crippen LogP contribution in [-0.2, 0) is 22.6 Å². The predicted molar refractivity (Wildman–Crippen MR) is 127 cm³/mol. The van der Waals surface area contributed by atoms with Gasteiger partial charge in [-0.15, -0.1) is 11.8 Å². The van der Waals surface area contributed by atoms with E-state index in [0.717, 1.165) is 16.0 Å². The number of nitrogens with one attached hydrogen (secondary N) is 1. The maximum Gasteiger partial charge on any atom is 0.242 e. The van der Waals surface area contributed by atoms with E-state index in [1.807, 2.05) is 60.7 Å². The molecule has 0 aliphatic rings. The lowest BCUT2D eigenvalue weighted by Crippen LogP contribution is -2.49. The van der Waals surface area contributed by atoms with Crippen molar-refractivity contribution in [2.75, 3.05) is 12.8 Å². The average Bonchev–Trinajstić information content (AvgIpc) is 2.83. The van der Waals surface area contributed by atoms with Gasteiger partial charge >= 0.3 is 0 Å². The highest BCUT2D eigenvalue weighted by Gasteiger charge is 2.29. The first kappa shape index (κ1) is 23.5. The van der Waals surface area contributed by atoms with Crippen LogP contribution in [0, 0.1) is 5.82 Å². The lowest BCUT2D eigenvalue weighted by atomic mass is 10.0. The summed E-state index contributed by atoms with van der Waals surface area (Å²) >= 11 is 1.61. The van der Waals surface area contributed by atoms with E-state index in [9.17, 15) is 14.0 Å². The maximum absolute atomic E-state index is 13.4. The van der Waals surface area contributed by atoms with Crippen LogP contribution >= 0.6 is 11.8 Å². The van der Waals surface area contributed by atoms with Crippen LogP contribution in [0.5, 0.6) is 0 Å². The fourth-order valence-electron chi connectivity index (χ4n) is 3.42. The number of thioether (sulfide) groups is 1.